The summed E-state index contributed by atoms with van der Waals surface area (Å²) < 4.78 is 38.5. The number of anilines is 1. The Kier molecular flexibility index (Phi) is 3.76. The number of alkyl halides is 3. The SMILES string of the molecule is Cc1cc(N2CCN(C)C[C@H]2C)cc(C(F)(F)F)c1. The number of aryl methyl sites for hydroxylation is 1. The van der Waals surface area contributed by atoms with Gasteiger partial charge in [-0.15, -0.1) is 0 Å². The Balaban J connectivity index is 2.32. The number of piperazine rings is 1. The van der Waals surface area contributed by atoms with Gasteiger partial charge in [0.25, 0.3) is 0 Å². The van der Waals surface area contributed by atoms with Gasteiger partial charge in [-0.2, -0.15) is 13.2 Å². The lowest BCUT2D eigenvalue weighted by Crippen LogP contribution is -2.50. The number of halogens is 3. The first kappa shape index (κ1) is 14.2. The molecule has 1 saturated heterocycles. The number of nitrogens with zero attached hydrogens (tertiary/aromatic N) is 2. The van der Waals surface area contributed by atoms with Gasteiger partial charge in [0.05, 0.1) is 5.56 Å². The lowest BCUT2D eigenvalue weighted by atomic mass is 10.1. The van der Waals surface area contributed by atoms with E-state index in [-0.39, 0.29) is 6.04 Å². The molecule has 0 bridgehead atoms. The van der Waals surface area contributed by atoms with E-state index in [1.54, 1.807) is 6.92 Å². The van der Waals surface area contributed by atoms with Gasteiger partial charge in [0.2, 0.25) is 0 Å². The molecule has 0 spiro atoms. The van der Waals surface area contributed by atoms with Crippen LogP contribution < -0.4 is 4.90 Å². The van der Waals surface area contributed by atoms with Crippen LogP contribution in [0.4, 0.5) is 18.9 Å². The Morgan fingerprint density at radius 1 is 1.16 bits per heavy atom. The molecule has 1 fully saturated rings. The summed E-state index contributed by atoms with van der Waals surface area (Å²) in [5, 5.41) is 0. The highest BCUT2D eigenvalue weighted by molar-refractivity contribution is 5.53. The zero-order valence-corrected chi connectivity index (χ0v) is 11.5. The van der Waals surface area contributed by atoms with Crippen molar-refractivity contribution in [1.29, 1.82) is 0 Å². The van der Waals surface area contributed by atoms with E-state index in [4.69, 9.17) is 0 Å². The van der Waals surface area contributed by atoms with Crippen molar-refractivity contribution in [2.24, 2.45) is 0 Å². The minimum absolute atomic E-state index is 0.224. The number of hydrogen-bond donors (Lipinski definition) is 0. The predicted octanol–water partition coefficient (Wildman–Crippen LogP) is 3.15. The fourth-order valence-electron chi connectivity index (χ4n) is 2.62. The number of hydrogen-bond acceptors (Lipinski definition) is 2. The average molecular weight is 272 g/mol. The van der Waals surface area contributed by atoms with Gasteiger partial charge in [-0.25, -0.2) is 0 Å². The molecule has 0 N–H and O–H groups in total. The summed E-state index contributed by atoms with van der Waals surface area (Å²) in [4.78, 5) is 4.25. The van der Waals surface area contributed by atoms with Gasteiger partial charge in [0.15, 0.2) is 0 Å². The average Bonchev–Trinajstić information content (AvgIpc) is 2.26. The van der Waals surface area contributed by atoms with Crippen molar-refractivity contribution in [2.45, 2.75) is 26.1 Å². The number of benzene rings is 1. The number of rotatable bonds is 1. The lowest BCUT2D eigenvalue weighted by molar-refractivity contribution is -0.137. The van der Waals surface area contributed by atoms with Gasteiger partial charge in [-0.3, -0.25) is 0 Å². The van der Waals surface area contributed by atoms with Crippen molar-refractivity contribution in [3.05, 3.63) is 29.3 Å². The van der Waals surface area contributed by atoms with Gasteiger partial charge in [0, 0.05) is 31.4 Å². The van der Waals surface area contributed by atoms with Crippen LogP contribution in [0.25, 0.3) is 0 Å². The van der Waals surface area contributed by atoms with E-state index in [2.05, 4.69) is 9.80 Å². The summed E-state index contributed by atoms with van der Waals surface area (Å²) in [6, 6.07) is 4.51. The molecule has 5 heteroatoms. The topological polar surface area (TPSA) is 6.48 Å². The molecule has 1 aliphatic rings. The van der Waals surface area contributed by atoms with Crippen LogP contribution in [0.2, 0.25) is 0 Å². The third kappa shape index (κ3) is 3.21. The zero-order chi connectivity index (χ0) is 14.2. The van der Waals surface area contributed by atoms with Crippen molar-refractivity contribution in [3.63, 3.8) is 0 Å². The molecule has 1 aromatic rings. The summed E-state index contributed by atoms with van der Waals surface area (Å²) in [5.41, 5.74) is 0.762. The molecular weight excluding hydrogens is 253 g/mol. The normalized spacial score (nSPS) is 21.8. The Morgan fingerprint density at radius 3 is 2.42 bits per heavy atom. The van der Waals surface area contributed by atoms with E-state index in [1.165, 1.54) is 12.1 Å². The van der Waals surface area contributed by atoms with Crippen LogP contribution in [0.15, 0.2) is 18.2 Å². The second-order valence-corrected chi connectivity index (χ2v) is 5.36. The first-order valence-corrected chi connectivity index (χ1v) is 6.41. The Hall–Kier alpha value is -1.23. The maximum Gasteiger partial charge on any atom is 0.416 e. The van der Waals surface area contributed by atoms with E-state index in [0.717, 1.165) is 19.6 Å². The van der Waals surface area contributed by atoms with Crippen LogP contribution in [-0.4, -0.2) is 37.6 Å². The van der Waals surface area contributed by atoms with Crippen LogP contribution in [0.1, 0.15) is 18.1 Å². The highest BCUT2D eigenvalue weighted by atomic mass is 19.4. The largest absolute Gasteiger partial charge is 0.416 e. The van der Waals surface area contributed by atoms with Gasteiger partial charge in [-0.05, 0) is 44.7 Å². The fraction of sp³-hybridized carbons (Fsp3) is 0.571. The highest BCUT2D eigenvalue weighted by Crippen LogP contribution is 2.33. The first-order valence-electron chi connectivity index (χ1n) is 6.41. The molecule has 1 heterocycles. The summed E-state index contributed by atoms with van der Waals surface area (Å²) in [6.07, 6.45) is -4.28. The molecule has 1 atom stereocenters. The minimum Gasteiger partial charge on any atom is -0.366 e. The van der Waals surface area contributed by atoms with E-state index in [1.807, 2.05) is 20.0 Å². The maximum atomic E-state index is 12.8. The Bertz CT molecular complexity index is 456. The highest BCUT2D eigenvalue weighted by Gasteiger charge is 2.32. The zero-order valence-electron chi connectivity index (χ0n) is 11.5. The Labute approximate surface area is 111 Å². The molecule has 106 valence electrons. The third-order valence-corrected chi connectivity index (χ3v) is 3.55. The third-order valence-electron chi connectivity index (χ3n) is 3.55. The van der Waals surface area contributed by atoms with Crippen molar-refractivity contribution >= 4 is 5.69 Å². The fourth-order valence-corrected chi connectivity index (χ4v) is 2.62. The van der Waals surface area contributed by atoms with Crippen molar-refractivity contribution in [1.82, 2.24) is 4.90 Å². The van der Waals surface area contributed by atoms with E-state index < -0.39 is 11.7 Å². The van der Waals surface area contributed by atoms with Crippen LogP contribution in [-0.2, 0) is 6.18 Å². The summed E-state index contributed by atoms with van der Waals surface area (Å²) in [7, 11) is 2.03. The molecule has 0 aliphatic carbocycles. The van der Waals surface area contributed by atoms with Crippen molar-refractivity contribution in [2.75, 3.05) is 31.6 Å². The molecule has 0 saturated carbocycles. The van der Waals surface area contributed by atoms with E-state index in [0.29, 0.717) is 11.3 Å². The molecule has 0 aromatic heterocycles. The van der Waals surface area contributed by atoms with Gasteiger partial charge < -0.3 is 9.80 Å². The lowest BCUT2D eigenvalue weighted by Gasteiger charge is -2.40. The van der Waals surface area contributed by atoms with Crippen LogP contribution >= 0.6 is 0 Å². The minimum atomic E-state index is -4.28. The van der Waals surface area contributed by atoms with E-state index in [9.17, 15) is 13.2 Å². The standard InChI is InChI=1S/C14H19F3N2/c1-10-6-12(14(15,16)17)8-13(7-10)19-5-4-18(3)9-11(19)2/h6-8,11H,4-5,9H2,1-3H3/t11-/m1/s1. The smallest absolute Gasteiger partial charge is 0.366 e. The maximum absolute atomic E-state index is 12.8. The van der Waals surface area contributed by atoms with Crippen LogP contribution in [0.5, 0.6) is 0 Å². The second-order valence-electron chi connectivity index (χ2n) is 5.36. The van der Waals surface area contributed by atoms with Crippen molar-refractivity contribution in [3.8, 4) is 0 Å². The van der Waals surface area contributed by atoms with Gasteiger partial charge in [0.1, 0.15) is 0 Å². The van der Waals surface area contributed by atoms with Gasteiger partial charge in [-0.1, -0.05) is 0 Å². The second kappa shape index (κ2) is 5.04. The molecular formula is C14H19F3N2. The molecule has 19 heavy (non-hydrogen) atoms. The van der Waals surface area contributed by atoms with Crippen LogP contribution in [0.3, 0.4) is 0 Å². The Morgan fingerprint density at radius 2 is 1.84 bits per heavy atom. The molecule has 0 amide bonds. The van der Waals surface area contributed by atoms with E-state index >= 15 is 0 Å². The predicted molar refractivity (Wildman–Crippen MR) is 70.5 cm³/mol. The quantitative estimate of drug-likeness (QED) is 0.775. The molecule has 1 aliphatic heterocycles. The number of likely N-dealkylation sites (N-methyl/N-ethyl adjacent to an activating group) is 1. The molecule has 0 unspecified atom stereocenters. The summed E-state index contributed by atoms with van der Waals surface area (Å²) >= 11 is 0. The molecule has 2 nitrogen and oxygen atoms in total. The van der Waals surface area contributed by atoms with Crippen molar-refractivity contribution < 1.29 is 13.2 Å². The molecule has 0 radical (unpaired) electrons. The summed E-state index contributed by atoms with van der Waals surface area (Å²) in [5.74, 6) is 0. The van der Waals surface area contributed by atoms with Gasteiger partial charge >= 0.3 is 6.18 Å². The first-order chi connectivity index (χ1) is 8.77. The molecule has 2 rings (SSSR count). The van der Waals surface area contributed by atoms with Crippen LogP contribution in [0, 0.1) is 6.92 Å². The summed E-state index contributed by atoms with van der Waals surface area (Å²) in [6.45, 7) is 6.26. The monoisotopic (exact) mass is 272 g/mol. The molecule has 1 aromatic carbocycles.